The van der Waals surface area contributed by atoms with Gasteiger partial charge in [0.15, 0.2) is 0 Å². The van der Waals surface area contributed by atoms with Crippen molar-refractivity contribution in [2.45, 2.75) is 77.4 Å². The van der Waals surface area contributed by atoms with E-state index in [1.807, 2.05) is 23.5 Å². The van der Waals surface area contributed by atoms with E-state index in [1.165, 1.54) is 64.3 Å². The molecule has 0 atom stereocenters. The highest BCUT2D eigenvalue weighted by atomic mass is 32.2. The molecule has 0 unspecified atom stereocenters. The molecule has 0 fully saturated rings. The lowest BCUT2D eigenvalue weighted by Crippen LogP contribution is -2.26. The zero-order chi connectivity index (χ0) is 37.7. The number of hydrogen-bond donors (Lipinski definition) is 0. The summed E-state index contributed by atoms with van der Waals surface area (Å²) in [6.45, 7) is 14.1. The lowest BCUT2D eigenvalue weighted by atomic mass is 9.75. The van der Waals surface area contributed by atoms with Crippen LogP contribution in [-0.4, -0.2) is 0 Å². The number of benzene rings is 7. The predicted molar refractivity (Wildman–Crippen MR) is 231 cm³/mol. The van der Waals surface area contributed by atoms with Crippen molar-refractivity contribution >= 4 is 40.6 Å². The minimum Gasteiger partial charge on any atom is -0.456 e. The monoisotopic (exact) mass is 749 g/mol. The van der Waals surface area contributed by atoms with Crippen molar-refractivity contribution in [3.63, 3.8) is 0 Å². The molecule has 7 aromatic carbocycles. The lowest BCUT2D eigenvalue weighted by Gasteiger charge is -2.40. The van der Waals surface area contributed by atoms with Gasteiger partial charge >= 0.3 is 0 Å². The molecule has 0 aromatic heterocycles. The fraction of sp³-hybridized carbons (Fsp3) is 0.176. The topological polar surface area (TPSA) is 12.5 Å². The summed E-state index contributed by atoms with van der Waals surface area (Å²) in [6.07, 6.45) is 0. The molecule has 55 heavy (non-hydrogen) atoms. The van der Waals surface area contributed by atoms with Crippen LogP contribution in [0.4, 0.5) is 17.1 Å². The van der Waals surface area contributed by atoms with E-state index in [-0.39, 0.29) is 16.2 Å². The van der Waals surface area contributed by atoms with Gasteiger partial charge in [-0.05, 0) is 70.3 Å². The Bertz CT molecular complexity index is 2560. The van der Waals surface area contributed by atoms with Crippen molar-refractivity contribution in [3.05, 3.63) is 185 Å². The van der Waals surface area contributed by atoms with Gasteiger partial charge in [-0.15, -0.1) is 0 Å². The first-order chi connectivity index (χ1) is 26.5. The molecule has 0 aliphatic carbocycles. The van der Waals surface area contributed by atoms with E-state index in [0.29, 0.717) is 0 Å². The van der Waals surface area contributed by atoms with Gasteiger partial charge in [0.1, 0.15) is 11.5 Å². The van der Waals surface area contributed by atoms with E-state index < -0.39 is 0 Å². The van der Waals surface area contributed by atoms with Gasteiger partial charge in [0, 0.05) is 58.2 Å². The number of rotatable bonds is 4. The van der Waals surface area contributed by atoms with Crippen LogP contribution < -0.4 is 9.64 Å². The van der Waals surface area contributed by atoms with Crippen LogP contribution in [-0.2, 0) is 16.2 Å². The van der Waals surface area contributed by atoms with Gasteiger partial charge in [-0.2, -0.15) is 0 Å². The molecule has 4 heteroatoms. The summed E-state index contributed by atoms with van der Waals surface area (Å²) in [5.41, 5.74) is 13.2. The maximum atomic E-state index is 6.72. The first-order valence-corrected chi connectivity index (χ1v) is 20.8. The maximum absolute atomic E-state index is 6.72. The quantitative estimate of drug-likeness (QED) is 0.178. The van der Waals surface area contributed by atoms with Crippen molar-refractivity contribution in [2.75, 3.05) is 4.90 Å². The Morgan fingerprint density at radius 2 is 0.873 bits per heavy atom. The van der Waals surface area contributed by atoms with E-state index in [1.54, 1.807) is 0 Å². The van der Waals surface area contributed by atoms with Crippen LogP contribution in [0.25, 0.3) is 11.1 Å². The second-order valence-electron chi connectivity index (χ2n) is 16.5. The first kappa shape index (κ1) is 34.3. The number of hydrogen-bond acceptors (Lipinski definition) is 4. The second-order valence-corrected chi connectivity index (χ2v) is 18.6. The third-order valence-corrected chi connectivity index (χ3v) is 14.7. The lowest BCUT2D eigenvalue weighted by molar-refractivity contribution is 0.419. The Morgan fingerprint density at radius 3 is 1.45 bits per heavy atom. The van der Waals surface area contributed by atoms with E-state index in [4.69, 9.17) is 4.74 Å². The van der Waals surface area contributed by atoms with Crippen LogP contribution in [0.5, 0.6) is 11.5 Å². The molecular formula is C51H43NOS2. The molecule has 0 spiro atoms. The summed E-state index contributed by atoms with van der Waals surface area (Å²) in [5, 5.41) is 0. The highest BCUT2D eigenvalue weighted by molar-refractivity contribution is 8.00. The SMILES string of the molecule is CC1(C)c2ccccc2Oc2c(-c3ccc(N(c4cccc5c4Sc4ccccc4C5(C)C)c4cccc5c4Sc4ccccc4C5(C)C)cc3)cccc21. The molecular weight excluding hydrogens is 707 g/mol. The van der Waals surface area contributed by atoms with Gasteiger partial charge in [-0.25, -0.2) is 0 Å². The highest BCUT2D eigenvalue weighted by Gasteiger charge is 2.39. The average Bonchev–Trinajstić information content (AvgIpc) is 3.19. The molecule has 0 amide bonds. The Morgan fingerprint density at radius 1 is 0.418 bits per heavy atom. The molecule has 0 saturated heterocycles. The van der Waals surface area contributed by atoms with E-state index in [2.05, 4.69) is 198 Å². The van der Waals surface area contributed by atoms with Gasteiger partial charge in [0.25, 0.3) is 0 Å². The molecule has 3 heterocycles. The first-order valence-electron chi connectivity index (χ1n) is 19.2. The number of nitrogens with zero attached hydrogens (tertiary/aromatic N) is 1. The Balaban J connectivity index is 1.15. The summed E-state index contributed by atoms with van der Waals surface area (Å²) in [7, 11) is 0. The number of para-hydroxylation sites is 2. The largest absolute Gasteiger partial charge is 0.456 e. The molecule has 2 nitrogen and oxygen atoms in total. The summed E-state index contributed by atoms with van der Waals surface area (Å²) in [6, 6.07) is 55.8. The van der Waals surface area contributed by atoms with Crippen molar-refractivity contribution in [3.8, 4) is 22.6 Å². The minimum absolute atomic E-state index is 0.146. The predicted octanol–water partition coefficient (Wildman–Crippen LogP) is 14.8. The summed E-state index contributed by atoms with van der Waals surface area (Å²) >= 11 is 3.80. The molecule has 0 radical (unpaired) electrons. The third-order valence-electron chi connectivity index (χ3n) is 12.3. The number of fused-ring (bicyclic) bond motifs is 6. The third kappa shape index (κ3) is 5.18. The summed E-state index contributed by atoms with van der Waals surface area (Å²) in [4.78, 5) is 7.77. The zero-order valence-electron chi connectivity index (χ0n) is 32.1. The summed E-state index contributed by atoms with van der Waals surface area (Å²) < 4.78 is 6.72. The molecule has 0 saturated carbocycles. The molecule has 3 aliphatic rings. The molecule has 7 aromatic rings. The van der Waals surface area contributed by atoms with Crippen LogP contribution in [0, 0.1) is 0 Å². The van der Waals surface area contributed by atoms with E-state index >= 15 is 0 Å². The van der Waals surface area contributed by atoms with E-state index in [0.717, 1.165) is 28.3 Å². The van der Waals surface area contributed by atoms with Crippen LogP contribution in [0.15, 0.2) is 171 Å². The van der Waals surface area contributed by atoms with Gasteiger partial charge < -0.3 is 9.64 Å². The van der Waals surface area contributed by atoms with Crippen LogP contribution in [0.1, 0.15) is 74.9 Å². The summed E-state index contributed by atoms with van der Waals surface area (Å²) in [5.74, 6) is 1.88. The van der Waals surface area contributed by atoms with Gasteiger partial charge in [0.05, 0.1) is 11.4 Å². The standard InChI is InChI=1S/C51H43NOS2/c1-49(2)35-17-7-10-25-43(35)53-46-34(16-13-20-38(46)49)32-28-30-33(31-29-32)52(41-23-14-21-39-47(41)54-44-26-11-8-18-36(44)50(39,3)4)42-24-15-22-40-48(42)55-45-27-12-9-19-37(45)51(40,5)6/h7-31H,1-6H3. The van der Waals surface area contributed by atoms with Gasteiger partial charge in [0.2, 0.25) is 0 Å². The number of anilines is 3. The van der Waals surface area contributed by atoms with Crippen LogP contribution in [0.2, 0.25) is 0 Å². The van der Waals surface area contributed by atoms with Crippen LogP contribution in [0.3, 0.4) is 0 Å². The smallest absolute Gasteiger partial charge is 0.139 e. The highest BCUT2D eigenvalue weighted by Crippen LogP contribution is 2.58. The molecule has 3 aliphatic heterocycles. The van der Waals surface area contributed by atoms with Crippen molar-refractivity contribution in [2.24, 2.45) is 0 Å². The van der Waals surface area contributed by atoms with Gasteiger partial charge in [-0.3, -0.25) is 0 Å². The Kier molecular flexibility index (Phi) is 7.76. The van der Waals surface area contributed by atoms with Gasteiger partial charge in [-0.1, -0.05) is 174 Å². The van der Waals surface area contributed by atoms with E-state index in [9.17, 15) is 0 Å². The van der Waals surface area contributed by atoms with Crippen molar-refractivity contribution in [1.82, 2.24) is 0 Å². The Hall–Kier alpha value is -5.16. The fourth-order valence-electron chi connectivity index (χ4n) is 9.15. The normalized spacial score (nSPS) is 16.3. The van der Waals surface area contributed by atoms with Crippen molar-refractivity contribution in [1.29, 1.82) is 0 Å². The van der Waals surface area contributed by atoms with Crippen molar-refractivity contribution < 1.29 is 4.74 Å². The maximum Gasteiger partial charge on any atom is 0.139 e. The minimum atomic E-state index is -0.177. The molecule has 0 bridgehead atoms. The second kappa shape index (κ2) is 12.4. The fourth-order valence-corrected chi connectivity index (χ4v) is 12.1. The van der Waals surface area contributed by atoms with Crippen LogP contribution >= 0.6 is 23.5 Å². The Labute approximate surface area is 333 Å². The molecule has 0 N–H and O–H groups in total. The number of ether oxygens (including phenoxy) is 1. The average molecular weight is 750 g/mol. The zero-order valence-corrected chi connectivity index (χ0v) is 33.7. The molecule has 10 rings (SSSR count). The molecule has 270 valence electrons.